The van der Waals surface area contributed by atoms with Crippen LogP contribution in [0.25, 0.3) is 6.08 Å². The first-order valence-electron chi connectivity index (χ1n) is 4.55. The third-order valence-electron chi connectivity index (χ3n) is 1.65. The molecule has 0 unspecified atom stereocenters. The zero-order valence-electron chi connectivity index (χ0n) is 8.89. The molecule has 1 heterocycles. The van der Waals surface area contributed by atoms with Crippen LogP contribution in [0.4, 0.5) is 5.82 Å². The molecule has 0 aliphatic carbocycles. The van der Waals surface area contributed by atoms with Gasteiger partial charge in [0, 0.05) is 18.8 Å². The highest BCUT2D eigenvalue weighted by atomic mass is 15.0. The highest BCUT2D eigenvalue weighted by Crippen LogP contribution is 2.16. The Morgan fingerprint density at radius 1 is 1.46 bits per heavy atom. The maximum atomic E-state index is 4.15. The third-order valence-corrected chi connectivity index (χ3v) is 1.65. The summed E-state index contributed by atoms with van der Waals surface area (Å²) in [5.41, 5.74) is 2.27. The van der Waals surface area contributed by atoms with E-state index in [1.807, 2.05) is 40.0 Å². The summed E-state index contributed by atoms with van der Waals surface area (Å²) in [6.45, 7) is 9.76. The molecule has 0 spiro atoms. The number of pyridine rings is 1. The molecule has 0 bridgehead atoms. The summed E-state index contributed by atoms with van der Waals surface area (Å²) >= 11 is 0. The van der Waals surface area contributed by atoms with Crippen molar-refractivity contribution in [2.75, 3.05) is 12.4 Å². The quantitative estimate of drug-likeness (QED) is 0.752. The minimum atomic E-state index is 0.889. The van der Waals surface area contributed by atoms with E-state index < -0.39 is 0 Å². The number of nitrogens with one attached hydrogen (secondary N) is 1. The molecule has 72 valence electrons. The zero-order valence-corrected chi connectivity index (χ0v) is 8.89. The van der Waals surface area contributed by atoms with Gasteiger partial charge in [-0.2, -0.15) is 0 Å². The normalized spacial score (nSPS) is 8.31. The van der Waals surface area contributed by atoms with Crippen molar-refractivity contribution in [1.82, 2.24) is 4.98 Å². The summed E-state index contributed by atoms with van der Waals surface area (Å²) in [6, 6.07) is 1.97. The lowest BCUT2D eigenvalue weighted by molar-refractivity contribution is 1.24. The van der Waals surface area contributed by atoms with Crippen LogP contribution in [0.2, 0.25) is 0 Å². The SMILES string of the molecule is C=Cc1c(C)ccnc1NC.CC. The molecule has 13 heavy (non-hydrogen) atoms. The monoisotopic (exact) mass is 178 g/mol. The predicted molar refractivity (Wildman–Crippen MR) is 60.0 cm³/mol. The summed E-state index contributed by atoms with van der Waals surface area (Å²) in [4.78, 5) is 4.15. The second kappa shape index (κ2) is 6.23. The molecule has 0 saturated carbocycles. The lowest BCUT2D eigenvalue weighted by Crippen LogP contribution is -1.96. The Morgan fingerprint density at radius 3 is 2.46 bits per heavy atom. The van der Waals surface area contributed by atoms with Gasteiger partial charge in [0.1, 0.15) is 5.82 Å². The Balaban J connectivity index is 0.000000671. The van der Waals surface area contributed by atoms with Gasteiger partial charge in [0.2, 0.25) is 0 Å². The summed E-state index contributed by atoms with van der Waals surface area (Å²) in [6.07, 6.45) is 3.60. The zero-order chi connectivity index (χ0) is 10.3. The summed E-state index contributed by atoms with van der Waals surface area (Å²) in [5, 5.41) is 3.00. The lowest BCUT2D eigenvalue weighted by atomic mass is 10.1. The van der Waals surface area contributed by atoms with E-state index in [2.05, 4.69) is 16.9 Å². The molecule has 1 aromatic rings. The van der Waals surface area contributed by atoms with Crippen LogP contribution < -0.4 is 5.32 Å². The van der Waals surface area contributed by atoms with Crippen molar-refractivity contribution in [2.45, 2.75) is 20.8 Å². The number of aryl methyl sites for hydroxylation is 1. The van der Waals surface area contributed by atoms with Crippen molar-refractivity contribution in [3.8, 4) is 0 Å². The molecule has 2 heteroatoms. The van der Waals surface area contributed by atoms with Crippen LogP contribution >= 0.6 is 0 Å². The smallest absolute Gasteiger partial charge is 0.133 e. The molecule has 0 atom stereocenters. The number of hydrogen-bond donors (Lipinski definition) is 1. The average molecular weight is 178 g/mol. The van der Waals surface area contributed by atoms with E-state index in [1.165, 1.54) is 5.56 Å². The standard InChI is InChI=1S/C9H12N2.C2H6/c1-4-8-7(2)5-6-11-9(8)10-3;1-2/h4-6H,1H2,2-3H3,(H,10,11);1-2H3. The van der Waals surface area contributed by atoms with Crippen molar-refractivity contribution < 1.29 is 0 Å². The fourth-order valence-corrected chi connectivity index (χ4v) is 1.03. The van der Waals surface area contributed by atoms with Crippen molar-refractivity contribution in [3.63, 3.8) is 0 Å². The van der Waals surface area contributed by atoms with E-state index in [1.54, 1.807) is 6.20 Å². The molecule has 0 fully saturated rings. The second-order valence-corrected chi connectivity index (χ2v) is 2.34. The first-order chi connectivity index (χ1) is 6.29. The van der Waals surface area contributed by atoms with Crippen molar-refractivity contribution in [1.29, 1.82) is 0 Å². The van der Waals surface area contributed by atoms with Crippen LogP contribution in [0.1, 0.15) is 25.0 Å². The van der Waals surface area contributed by atoms with Gasteiger partial charge in [0.25, 0.3) is 0 Å². The minimum absolute atomic E-state index is 0.889. The van der Waals surface area contributed by atoms with Crippen LogP contribution in [0.15, 0.2) is 18.8 Å². The Morgan fingerprint density at radius 2 is 2.08 bits per heavy atom. The van der Waals surface area contributed by atoms with Gasteiger partial charge in [0.15, 0.2) is 0 Å². The molecule has 0 aromatic carbocycles. The second-order valence-electron chi connectivity index (χ2n) is 2.34. The summed E-state index contributed by atoms with van der Waals surface area (Å²) < 4.78 is 0. The largest absolute Gasteiger partial charge is 0.373 e. The number of aromatic nitrogens is 1. The fourth-order valence-electron chi connectivity index (χ4n) is 1.03. The van der Waals surface area contributed by atoms with Gasteiger partial charge in [-0.1, -0.05) is 26.5 Å². The van der Waals surface area contributed by atoms with Crippen molar-refractivity contribution >= 4 is 11.9 Å². The molecule has 1 N–H and O–H groups in total. The molecule has 0 aliphatic rings. The van der Waals surface area contributed by atoms with Crippen molar-refractivity contribution in [3.05, 3.63) is 30.0 Å². The number of rotatable bonds is 2. The van der Waals surface area contributed by atoms with Gasteiger partial charge in [-0.25, -0.2) is 4.98 Å². The molecule has 2 nitrogen and oxygen atoms in total. The van der Waals surface area contributed by atoms with Crippen LogP contribution in [0.3, 0.4) is 0 Å². The molecule has 1 aromatic heterocycles. The average Bonchev–Trinajstić information content (AvgIpc) is 2.20. The molecular weight excluding hydrogens is 160 g/mol. The Hall–Kier alpha value is -1.31. The molecule has 0 aliphatic heterocycles. The number of nitrogens with zero attached hydrogens (tertiary/aromatic N) is 1. The van der Waals surface area contributed by atoms with E-state index in [-0.39, 0.29) is 0 Å². The molecule has 0 amide bonds. The topological polar surface area (TPSA) is 24.9 Å². The maximum absolute atomic E-state index is 4.15. The predicted octanol–water partition coefficient (Wildman–Crippen LogP) is 3.10. The first-order valence-corrected chi connectivity index (χ1v) is 4.55. The lowest BCUT2D eigenvalue weighted by Gasteiger charge is -2.05. The van der Waals surface area contributed by atoms with Crippen LogP contribution in [-0.2, 0) is 0 Å². The van der Waals surface area contributed by atoms with Crippen molar-refractivity contribution in [2.24, 2.45) is 0 Å². The highest BCUT2D eigenvalue weighted by Gasteiger charge is 1.99. The Kier molecular flexibility index (Phi) is 5.60. The van der Waals surface area contributed by atoms with Gasteiger partial charge in [0.05, 0.1) is 0 Å². The number of anilines is 1. The van der Waals surface area contributed by atoms with Crippen LogP contribution in [0, 0.1) is 6.92 Å². The van der Waals surface area contributed by atoms with E-state index >= 15 is 0 Å². The molecular formula is C11H18N2. The third kappa shape index (κ3) is 2.90. The molecule has 0 saturated heterocycles. The summed E-state index contributed by atoms with van der Waals surface area (Å²) in [5.74, 6) is 0.889. The minimum Gasteiger partial charge on any atom is -0.373 e. The van der Waals surface area contributed by atoms with Gasteiger partial charge in [-0.15, -0.1) is 0 Å². The van der Waals surface area contributed by atoms with Crippen LogP contribution in [-0.4, -0.2) is 12.0 Å². The van der Waals surface area contributed by atoms with E-state index in [0.29, 0.717) is 0 Å². The Labute approximate surface area is 80.7 Å². The first kappa shape index (κ1) is 11.7. The van der Waals surface area contributed by atoms with E-state index in [0.717, 1.165) is 11.4 Å². The summed E-state index contributed by atoms with van der Waals surface area (Å²) in [7, 11) is 1.86. The Bertz CT molecular complexity index is 267. The van der Waals surface area contributed by atoms with Crippen LogP contribution in [0.5, 0.6) is 0 Å². The number of hydrogen-bond acceptors (Lipinski definition) is 2. The van der Waals surface area contributed by atoms with E-state index in [4.69, 9.17) is 0 Å². The van der Waals surface area contributed by atoms with Gasteiger partial charge in [-0.05, 0) is 18.6 Å². The fraction of sp³-hybridized carbons (Fsp3) is 0.364. The van der Waals surface area contributed by atoms with Gasteiger partial charge in [-0.3, -0.25) is 0 Å². The van der Waals surface area contributed by atoms with Gasteiger partial charge >= 0.3 is 0 Å². The maximum Gasteiger partial charge on any atom is 0.133 e. The molecule has 1 rings (SSSR count). The molecule has 0 radical (unpaired) electrons. The van der Waals surface area contributed by atoms with Gasteiger partial charge < -0.3 is 5.32 Å². The van der Waals surface area contributed by atoms with E-state index in [9.17, 15) is 0 Å². The highest BCUT2D eigenvalue weighted by molar-refractivity contribution is 5.64.